The van der Waals surface area contributed by atoms with E-state index < -0.39 is 0 Å². The molecule has 1 aromatic heterocycles. The maximum Gasteiger partial charge on any atom is 0.0541 e. The Morgan fingerprint density at radius 3 is 1.98 bits per heavy atom. The van der Waals surface area contributed by atoms with Gasteiger partial charge in [0.05, 0.1) is 11.0 Å². The van der Waals surface area contributed by atoms with Crippen LogP contribution in [-0.2, 0) is 5.41 Å². The van der Waals surface area contributed by atoms with Gasteiger partial charge in [0, 0.05) is 26.3 Å². The van der Waals surface area contributed by atoms with Gasteiger partial charge in [0.2, 0.25) is 0 Å². The summed E-state index contributed by atoms with van der Waals surface area (Å²) in [7, 11) is 0. The Morgan fingerprint density at radius 2 is 1.15 bits per heavy atom. The molecule has 1 aliphatic carbocycles. The van der Waals surface area contributed by atoms with Gasteiger partial charge in [-0.3, -0.25) is 0 Å². The van der Waals surface area contributed by atoms with E-state index in [0.717, 1.165) is 4.47 Å². The number of para-hydroxylation sites is 1. The molecular weight excluding hydrogens is 562 g/mol. The van der Waals surface area contributed by atoms with Crippen molar-refractivity contribution < 1.29 is 0 Å². The van der Waals surface area contributed by atoms with Crippen LogP contribution in [0.1, 0.15) is 25.0 Å². The second-order valence-corrected chi connectivity index (χ2v) is 12.5. The summed E-state index contributed by atoms with van der Waals surface area (Å²) >= 11 is 3.62. The fourth-order valence-electron chi connectivity index (χ4n) is 6.81. The minimum Gasteiger partial charge on any atom is -0.309 e. The second kappa shape index (κ2) is 9.06. The van der Waals surface area contributed by atoms with Crippen LogP contribution in [-0.4, -0.2) is 4.57 Å². The van der Waals surface area contributed by atoms with Crippen LogP contribution in [0.2, 0.25) is 0 Å². The van der Waals surface area contributed by atoms with Gasteiger partial charge < -0.3 is 4.57 Å². The van der Waals surface area contributed by atoms with Crippen LogP contribution in [0.4, 0.5) is 0 Å². The van der Waals surface area contributed by atoms with Gasteiger partial charge in [-0.2, -0.15) is 0 Å². The molecule has 41 heavy (non-hydrogen) atoms. The van der Waals surface area contributed by atoms with E-state index in [1.165, 1.54) is 72.0 Å². The molecule has 0 fully saturated rings. The number of benzene rings is 6. The molecule has 196 valence electrons. The van der Waals surface area contributed by atoms with Crippen LogP contribution in [0.15, 0.2) is 138 Å². The van der Waals surface area contributed by atoms with Crippen LogP contribution in [0.3, 0.4) is 0 Å². The first-order chi connectivity index (χ1) is 20.0. The summed E-state index contributed by atoms with van der Waals surface area (Å²) < 4.78 is 3.53. The predicted octanol–water partition coefficient (Wildman–Crippen LogP) is 11.2. The van der Waals surface area contributed by atoms with Gasteiger partial charge in [0.25, 0.3) is 0 Å². The van der Waals surface area contributed by atoms with E-state index in [1.54, 1.807) is 0 Å². The molecule has 0 spiro atoms. The van der Waals surface area contributed by atoms with E-state index in [9.17, 15) is 0 Å². The van der Waals surface area contributed by atoms with Crippen molar-refractivity contribution in [3.8, 4) is 39.1 Å². The molecule has 0 radical (unpaired) electrons. The summed E-state index contributed by atoms with van der Waals surface area (Å²) in [5, 5.41) is 2.55. The van der Waals surface area contributed by atoms with E-state index in [2.05, 4.69) is 168 Å². The Morgan fingerprint density at radius 1 is 0.488 bits per heavy atom. The van der Waals surface area contributed by atoms with Crippen LogP contribution in [0, 0.1) is 0 Å². The highest BCUT2D eigenvalue weighted by atomic mass is 79.9. The predicted molar refractivity (Wildman–Crippen MR) is 177 cm³/mol. The topological polar surface area (TPSA) is 4.93 Å². The third-order valence-corrected chi connectivity index (χ3v) is 9.34. The molecule has 0 N–H and O–H groups in total. The number of fused-ring (bicyclic) bond motifs is 6. The summed E-state index contributed by atoms with van der Waals surface area (Å²) in [5.74, 6) is 0. The minimum absolute atomic E-state index is 0.0345. The Kier molecular flexibility index (Phi) is 5.39. The summed E-state index contributed by atoms with van der Waals surface area (Å²) in [4.78, 5) is 0. The summed E-state index contributed by atoms with van der Waals surface area (Å²) in [5.41, 5.74) is 14.0. The normalized spacial score (nSPS) is 13.4. The maximum absolute atomic E-state index is 3.62. The molecule has 0 aliphatic heterocycles. The monoisotopic (exact) mass is 589 g/mol. The number of nitrogens with zero attached hydrogens (tertiary/aromatic N) is 1. The van der Waals surface area contributed by atoms with E-state index in [1.807, 2.05) is 0 Å². The Labute approximate surface area is 248 Å². The zero-order chi connectivity index (χ0) is 27.7. The molecule has 1 aliphatic rings. The van der Waals surface area contributed by atoms with Crippen LogP contribution in [0.25, 0.3) is 60.9 Å². The third-order valence-electron chi connectivity index (χ3n) is 8.85. The largest absolute Gasteiger partial charge is 0.309 e. The number of rotatable bonds is 3. The van der Waals surface area contributed by atoms with Gasteiger partial charge >= 0.3 is 0 Å². The van der Waals surface area contributed by atoms with Crippen LogP contribution >= 0.6 is 15.9 Å². The molecule has 7 aromatic rings. The number of hydrogen-bond acceptors (Lipinski definition) is 0. The molecule has 0 atom stereocenters. The van der Waals surface area contributed by atoms with Crippen molar-refractivity contribution in [2.45, 2.75) is 19.3 Å². The highest BCUT2D eigenvalue weighted by Gasteiger charge is 2.35. The van der Waals surface area contributed by atoms with E-state index in [4.69, 9.17) is 0 Å². The second-order valence-electron chi connectivity index (χ2n) is 11.6. The lowest BCUT2D eigenvalue weighted by Gasteiger charge is -2.22. The minimum atomic E-state index is -0.0345. The first-order valence-electron chi connectivity index (χ1n) is 14.1. The smallest absolute Gasteiger partial charge is 0.0541 e. The van der Waals surface area contributed by atoms with Crippen molar-refractivity contribution in [2.75, 3.05) is 0 Å². The fourth-order valence-corrected chi connectivity index (χ4v) is 7.21. The highest BCUT2D eigenvalue weighted by Crippen LogP contribution is 2.49. The lowest BCUT2D eigenvalue weighted by Crippen LogP contribution is -2.15. The molecule has 0 bridgehead atoms. The van der Waals surface area contributed by atoms with E-state index in [-0.39, 0.29) is 5.41 Å². The molecule has 0 amide bonds. The van der Waals surface area contributed by atoms with Crippen molar-refractivity contribution in [1.29, 1.82) is 0 Å². The number of halogens is 1. The average Bonchev–Trinajstić information content (AvgIpc) is 3.46. The molecule has 8 rings (SSSR count). The zero-order valence-electron chi connectivity index (χ0n) is 23.0. The molecule has 0 saturated carbocycles. The van der Waals surface area contributed by atoms with Gasteiger partial charge in [-0.25, -0.2) is 0 Å². The van der Waals surface area contributed by atoms with Crippen molar-refractivity contribution >= 4 is 37.7 Å². The molecule has 6 aromatic carbocycles. The average molecular weight is 591 g/mol. The lowest BCUT2D eigenvalue weighted by atomic mass is 9.82. The molecule has 1 heterocycles. The first-order valence-corrected chi connectivity index (χ1v) is 14.9. The van der Waals surface area contributed by atoms with Gasteiger partial charge in [-0.1, -0.05) is 115 Å². The van der Waals surface area contributed by atoms with E-state index in [0.29, 0.717) is 0 Å². The SMILES string of the molecule is CC1(C)c2ccccc2-c2ccc(-n3c4ccccc4c4cc(-c5cccc(-c6cccc(Br)c6)c5)ccc43)cc21. The number of aromatic nitrogens is 1. The van der Waals surface area contributed by atoms with Crippen LogP contribution < -0.4 is 0 Å². The molecule has 2 heteroatoms. The molecular formula is C39H28BrN. The molecule has 0 unspecified atom stereocenters. The zero-order valence-corrected chi connectivity index (χ0v) is 24.6. The summed E-state index contributed by atoms with van der Waals surface area (Å²) in [6.45, 7) is 4.70. The molecule has 1 nitrogen and oxygen atoms in total. The Bertz CT molecular complexity index is 2150. The van der Waals surface area contributed by atoms with E-state index >= 15 is 0 Å². The third kappa shape index (κ3) is 3.74. The Balaban J connectivity index is 1.29. The van der Waals surface area contributed by atoms with Gasteiger partial charge in [0.1, 0.15) is 0 Å². The first kappa shape index (κ1) is 24.4. The van der Waals surface area contributed by atoms with Gasteiger partial charge in [-0.15, -0.1) is 0 Å². The van der Waals surface area contributed by atoms with Crippen LogP contribution in [0.5, 0.6) is 0 Å². The van der Waals surface area contributed by atoms with Crippen molar-refractivity contribution in [3.63, 3.8) is 0 Å². The Hall–Kier alpha value is -4.40. The van der Waals surface area contributed by atoms with Gasteiger partial charge in [-0.05, 0) is 93.0 Å². The van der Waals surface area contributed by atoms with Gasteiger partial charge in [0.15, 0.2) is 0 Å². The fraction of sp³-hybridized carbons (Fsp3) is 0.0769. The maximum atomic E-state index is 3.62. The van der Waals surface area contributed by atoms with Crippen molar-refractivity contribution in [1.82, 2.24) is 4.57 Å². The quantitative estimate of drug-likeness (QED) is 0.193. The standard InChI is InChI=1S/C39H28BrN/c1-39(2)35-15-5-3-13-31(35)32-19-18-30(24-36(32)39)41-37-16-6-4-14-33(37)34-23-28(17-20-38(34)41)26-10-7-9-25(21-26)27-11-8-12-29(40)22-27/h3-24H,1-2H3. The summed E-state index contributed by atoms with van der Waals surface area (Å²) in [6, 6.07) is 48.9. The lowest BCUT2D eigenvalue weighted by molar-refractivity contribution is 0.660. The highest BCUT2D eigenvalue weighted by molar-refractivity contribution is 9.10. The van der Waals surface area contributed by atoms with Crippen molar-refractivity contribution in [2.24, 2.45) is 0 Å². The molecule has 0 saturated heterocycles. The summed E-state index contributed by atoms with van der Waals surface area (Å²) in [6.07, 6.45) is 0. The number of hydrogen-bond donors (Lipinski definition) is 0. The van der Waals surface area contributed by atoms with Crippen molar-refractivity contribution in [3.05, 3.63) is 149 Å².